The second kappa shape index (κ2) is 18.6. The second-order valence-corrected chi connectivity index (χ2v) is 12.2. The highest BCUT2D eigenvalue weighted by atomic mass is 17.2. The Kier molecular flexibility index (Phi) is 14.6. The van der Waals surface area contributed by atoms with Gasteiger partial charge >= 0.3 is 17.9 Å². The Labute approximate surface area is 282 Å². The average molecular weight is 702 g/mol. The summed E-state index contributed by atoms with van der Waals surface area (Å²) in [5.74, 6) is -2.58. The van der Waals surface area contributed by atoms with Gasteiger partial charge < -0.3 is 30.5 Å². The predicted octanol–water partition coefficient (Wildman–Crippen LogP) is -5.31. The summed E-state index contributed by atoms with van der Waals surface area (Å²) < 4.78 is 6.58. The van der Waals surface area contributed by atoms with Gasteiger partial charge in [0, 0.05) is 52.0 Å². The molecule has 7 atom stereocenters. The lowest BCUT2D eigenvalue weighted by atomic mass is 9.99. The molecule has 0 aliphatic carbocycles. The number of carbonyl (C=O) groups excluding carboxylic acids is 4. The van der Waals surface area contributed by atoms with Crippen molar-refractivity contribution in [2.24, 2.45) is 0 Å². The van der Waals surface area contributed by atoms with Crippen molar-refractivity contribution in [1.82, 2.24) is 45.3 Å². The van der Waals surface area contributed by atoms with E-state index in [1.807, 2.05) is 16.7 Å². The number of nitrogens with one attached hydrogen (secondary N) is 1. The van der Waals surface area contributed by atoms with E-state index in [9.17, 15) is 39.6 Å². The number of aryl methyl sites for hydroxylation is 1. The van der Waals surface area contributed by atoms with Crippen molar-refractivity contribution >= 4 is 23.8 Å². The summed E-state index contributed by atoms with van der Waals surface area (Å²) >= 11 is 0. The smallest absolute Gasteiger partial charge is 0.346 e. The highest BCUT2D eigenvalue weighted by Gasteiger charge is 2.43. The second-order valence-electron chi connectivity index (χ2n) is 12.2. The lowest BCUT2D eigenvalue weighted by Crippen LogP contribution is -2.58. The number of carbonyl (C=O) groups is 4. The third kappa shape index (κ3) is 12.2. The third-order valence-electron chi connectivity index (χ3n) is 8.28. The summed E-state index contributed by atoms with van der Waals surface area (Å²) in [5, 5.41) is 50.6. The molecule has 0 spiro atoms. The molecule has 1 aromatic rings. The van der Waals surface area contributed by atoms with Crippen LogP contribution in [0.4, 0.5) is 0 Å². The first kappa shape index (κ1) is 38.4. The van der Waals surface area contributed by atoms with Gasteiger partial charge in [0.05, 0.1) is 38.4 Å². The fraction of sp³-hybridized carbons (Fsp3) is 0.786. The minimum atomic E-state index is -1.64. The Balaban J connectivity index is 1.29. The molecule has 21 heteroatoms. The summed E-state index contributed by atoms with van der Waals surface area (Å²) in [7, 11) is 1.71. The van der Waals surface area contributed by atoms with E-state index < -0.39 is 48.6 Å². The van der Waals surface area contributed by atoms with Crippen molar-refractivity contribution in [1.29, 1.82) is 0 Å². The number of rotatable bonds is 9. The van der Waals surface area contributed by atoms with Crippen LogP contribution in [0, 0.1) is 0 Å². The number of aromatic nitrogens is 3. The Bertz CT molecular complexity index is 1260. The monoisotopic (exact) mass is 701 g/mol. The molecule has 3 fully saturated rings. The number of aliphatic hydroxyl groups is 4. The van der Waals surface area contributed by atoms with Gasteiger partial charge in [0.1, 0.15) is 24.4 Å². The van der Waals surface area contributed by atoms with Crippen LogP contribution in [0.25, 0.3) is 0 Å². The molecule has 3 aliphatic rings. The van der Waals surface area contributed by atoms with Crippen molar-refractivity contribution in [3.63, 3.8) is 0 Å². The zero-order valence-corrected chi connectivity index (χ0v) is 27.7. The number of nitrogens with zero attached hydrogens (tertiary/aromatic N) is 8. The van der Waals surface area contributed by atoms with Gasteiger partial charge in [-0.25, -0.2) is 19.1 Å². The van der Waals surface area contributed by atoms with Gasteiger partial charge in [-0.1, -0.05) is 12.1 Å². The quantitative estimate of drug-likeness (QED) is 0.151. The fourth-order valence-electron chi connectivity index (χ4n) is 5.39. The first-order chi connectivity index (χ1) is 23.4. The van der Waals surface area contributed by atoms with Gasteiger partial charge in [-0.15, -0.1) is 5.10 Å². The molecule has 0 saturated carbocycles. The first-order valence-corrected chi connectivity index (χ1v) is 16.2. The standard InChI is InChI=1S/C28H47N9O12/c1-3-33-9-10-34(11-12-35-8-7-32(2)16-22(39)47-37(48-23(40)17-33)49-24(41)18-35)15-21(38)29-6-4-5-19-13-36(31-30-19)14-20-25(42)26(43)27(44)28(45)46-20/h13,20,25-28,42-45H,3-12,14-18H2,1-2H3,(H,29,38)/t20-,25-,26+,27-,28?/m1/s1. The van der Waals surface area contributed by atoms with Gasteiger partial charge in [0.2, 0.25) is 11.3 Å². The molecule has 21 nitrogen and oxygen atoms in total. The van der Waals surface area contributed by atoms with E-state index in [0.717, 1.165) is 0 Å². The highest BCUT2D eigenvalue weighted by molar-refractivity contribution is 5.78. The summed E-state index contributed by atoms with van der Waals surface area (Å²) in [6.45, 7) is 4.85. The molecule has 5 N–H and O–H groups in total. The molecule has 276 valence electrons. The van der Waals surface area contributed by atoms with E-state index in [2.05, 4.69) is 15.6 Å². The molecule has 3 aliphatic heterocycles. The van der Waals surface area contributed by atoms with Crippen LogP contribution in [0.2, 0.25) is 0 Å². The van der Waals surface area contributed by atoms with E-state index in [1.165, 1.54) is 4.68 Å². The molecule has 1 aromatic heterocycles. The number of ether oxygens (including phenoxy) is 1. The minimum Gasteiger partial charge on any atom is -0.388 e. The SMILES string of the molecule is CCN1CCN(CC(=O)NCCCc2cn(C[C@H]3OC(O)[C@H](O)[C@@H](O)[C@@H]3O)nn2)CCN2CCN(C)CC(=O)ON(OC(=O)C1)OC(=O)C2. The molecule has 0 radical (unpaired) electrons. The Morgan fingerprint density at radius 3 is 2.27 bits per heavy atom. The fourth-order valence-corrected chi connectivity index (χ4v) is 5.39. The van der Waals surface area contributed by atoms with Gasteiger partial charge in [0.15, 0.2) is 6.29 Å². The van der Waals surface area contributed by atoms with Crippen molar-refractivity contribution in [3.05, 3.63) is 11.9 Å². The molecule has 3 unspecified atom stereocenters. The van der Waals surface area contributed by atoms with Gasteiger partial charge in [-0.3, -0.25) is 38.9 Å². The highest BCUT2D eigenvalue weighted by Crippen LogP contribution is 2.21. The zero-order chi connectivity index (χ0) is 35.5. The number of hydrogen-bond acceptors (Lipinski definition) is 19. The number of fused-ring (bicyclic) bond motifs is 4. The number of hydrogen-bond donors (Lipinski definition) is 5. The van der Waals surface area contributed by atoms with Gasteiger partial charge in [0.25, 0.3) is 0 Å². The summed E-state index contributed by atoms with van der Waals surface area (Å²) in [5.41, 5.74) is 0.618. The lowest BCUT2D eigenvalue weighted by Gasteiger charge is -2.38. The average Bonchev–Trinajstić information content (AvgIpc) is 3.49. The van der Waals surface area contributed by atoms with Crippen LogP contribution in [0.1, 0.15) is 19.0 Å². The molecule has 4 heterocycles. The Hall–Kier alpha value is -3.38. The molecule has 3 saturated heterocycles. The third-order valence-corrected chi connectivity index (χ3v) is 8.28. The molecule has 49 heavy (non-hydrogen) atoms. The zero-order valence-electron chi connectivity index (χ0n) is 27.7. The van der Waals surface area contributed by atoms with E-state index in [1.54, 1.807) is 23.0 Å². The van der Waals surface area contributed by atoms with Crippen LogP contribution in [0.5, 0.6) is 0 Å². The van der Waals surface area contributed by atoms with E-state index in [0.29, 0.717) is 70.9 Å². The maximum absolute atomic E-state index is 13.0. The molecular formula is C28H47N9O12. The van der Waals surface area contributed by atoms with Gasteiger partial charge in [-0.05, 0) is 26.4 Å². The van der Waals surface area contributed by atoms with Crippen molar-refractivity contribution in [2.45, 2.75) is 57.0 Å². The number of aliphatic hydroxyl groups excluding tert-OH is 4. The van der Waals surface area contributed by atoms with Crippen LogP contribution in [0.3, 0.4) is 0 Å². The maximum Gasteiger partial charge on any atom is 0.346 e. The predicted molar refractivity (Wildman–Crippen MR) is 163 cm³/mol. The summed E-state index contributed by atoms with van der Waals surface area (Å²) in [6, 6.07) is 0. The van der Waals surface area contributed by atoms with Crippen LogP contribution in [-0.4, -0.2) is 201 Å². The van der Waals surface area contributed by atoms with E-state index >= 15 is 0 Å². The van der Waals surface area contributed by atoms with E-state index in [-0.39, 0.29) is 44.0 Å². The van der Waals surface area contributed by atoms with Crippen molar-refractivity contribution in [2.75, 3.05) is 85.6 Å². The minimum absolute atomic E-state index is 0.0138. The topological polar surface area (TPSA) is 245 Å². The van der Waals surface area contributed by atoms with Crippen molar-refractivity contribution < 1.29 is 58.9 Å². The molecule has 4 rings (SSSR count). The van der Waals surface area contributed by atoms with Crippen LogP contribution < -0.4 is 5.32 Å². The Morgan fingerprint density at radius 2 is 1.53 bits per heavy atom. The molecule has 2 bridgehead atoms. The molecule has 1 amide bonds. The van der Waals surface area contributed by atoms with E-state index in [4.69, 9.17) is 19.2 Å². The van der Waals surface area contributed by atoms with Crippen molar-refractivity contribution in [3.8, 4) is 0 Å². The Morgan fingerprint density at radius 1 is 0.878 bits per heavy atom. The summed E-state index contributed by atoms with van der Waals surface area (Å²) in [6.07, 6.45) is -4.61. The number of likely N-dealkylation sites (N-methyl/N-ethyl adjacent to an activating group) is 2. The van der Waals surface area contributed by atoms with Crippen LogP contribution in [-0.2, 0) is 51.4 Å². The van der Waals surface area contributed by atoms with Gasteiger partial charge in [-0.2, -0.15) is 0 Å². The molecule has 0 aromatic carbocycles. The molecular weight excluding hydrogens is 654 g/mol. The normalized spacial score (nSPS) is 30.6. The van der Waals surface area contributed by atoms with Crippen LogP contribution >= 0.6 is 0 Å². The number of amides is 1. The van der Waals surface area contributed by atoms with Crippen LogP contribution in [0.15, 0.2) is 6.20 Å². The maximum atomic E-state index is 13.0. The first-order valence-electron chi connectivity index (χ1n) is 16.2. The lowest BCUT2D eigenvalue weighted by molar-refractivity contribution is -0.464. The summed E-state index contributed by atoms with van der Waals surface area (Å²) in [4.78, 5) is 72.8. The largest absolute Gasteiger partial charge is 0.388 e.